The number of halogens is 1. The third-order valence-corrected chi connectivity index (χ3v) is 5.91. The van der Waals surface area contributed by atoms with Gasteiger partial charge >= 0.3 is 0 Å². The Labute approximate surface area is 162 Å². The summed E-state index contributed by atoms with van der Waals surface area (Å²) in [5, 5.41) is 12.1. The maximum Gasteiger partial charge on any atom is 0.198 e. The molecule has 5 rings (SSSR count). The van der Waals surface area contributed by atoms with Gasteiger partial charge in [0.15, 0.2) is 5.79 Å². The SMILES string of the molecule is CC1CC(O)C[C@@]2(OCc3cc(Cl)c(Cc4ccc5occc5c4)cc32)O1. The van der Waals surface area contributed by atoms with Crippen LogP contribution in [0.3, 0.4) is 0 Å². The van der Waals surface area contributed by atoms with E-state index in [9.17, 15) is 5.11 Å². The van der Waals surface area contributed by atoms with E-state index in [2.05, 4.69) is 18.2 Å². The normalized spacial score (nSPS) is 27.4. The van der Waals surface area contributed by atoms with Gasteiger partial charge in [-0.25, -0.2) is 0 Å². The number of ether oxygens (including phenoxy) is 2. The zero-order valence-electron chi connectivity index (χ0n) is 15.1. The van der Waals surface area contributed by atoms with Gasteiger partial charge in [0.05, 0.1) is 25.1 Å². The van der Waals surface area contributed by atoms with Crippen molar-refractivity contribution in [1.29, 1.82) is 0 Å². The molecule has 2 aliphatic rings. The highest BCUT2D eigenvalue weighted by atomic mass is 35.5. The lowest BCUT2D eigenvalue weighted by molar-refractivity contribution is -0.295. The topological polar surface area (TPSA) is 51.8 Å². The van der Waals surface area contributed by atoms with Crippen LogP contribution in [0.5, 0.6) is 0 Å². The molecule has 0 bridgehead atoms. The van der Waals surface area contributed by atoms with Gasteiger partial charge in [-0.15, -0.1) is 0 Å². The molecule has 3 aromatic rings. The van der Waals surface area contributed by atoms with Crippen LogP contribution in [-0.2, 0) is 28.3 Å². The van der Waals surface area contributed by atoms with Crippen LogP contribution in [-0.4, -0.2) is 17.3 Å². The Bertz CT molecular complexity index is 999. The van der Waals surface area contributed by atoms with Crippen molar-refractivity contribution in [3.63, 3.8) is 0 Å². The Kier molecular flexibility index (Phi) is 4.06. The lowest BCUT2D eigenvalue weighted by atomic mass is 9.90. The molecule has 0 saturated carbocycles. The predicted octanol–water partition coefficient (Wildman–Crippen LogP) is 4.92. The van der Waals surface area contributed by atoms with Gasteiger partial charge < -0.3 is 19.0 Å². The van der Waals surface area contributed by atoms with E-state index in [1.807, 2.05) is 25.1 Å². The zero-order valence-corrected chi connectivity index (χ0v) is 15.8. The van der Waals surface area contributed by atoms with Gasteiger partial charge in [0, 0.05) is 22.4 Å². The van der Waals surface area contributed by atoms with Gasteiger partial charge in [-0.2, -0.15) is 0 Å². The zero-order chi connectivity index (χ0) is 18.6. The van der Waals surface area contributed by atoms with Crippen molar-refractivity contribution < 1.29 is 19.0 Å². The highest BCUT2D eigenvalue weighted by molar-refractivity contribution is 6.31. The fourth-order valence-corrected chi connectivity index (χ4v) is 4.60. The molecule has 2 aliphatic heterocycles. The molecule has 2 aromatic carbocycles. The first-order valence-corrected chi connectivity index (χ1v) is 9.68. The summed E-state index contributed by atoms with van der Waals surface area (Å²) >= 11 is 6.58. The third-order valence-electron chi connectivity index (χ3n) is 5.55. The average molecular weight is 385 g/mol. The van der Waals surface area contributed by atoms with Crippen LogP contribution in [0.4, 0.5) is 0 Å². The van der Waals surface area contributed by atoms with E-state index >= 15 is 0 Å². The van der Waals surface area contributed by atoms with Crippen molar-refractivity contribution in [3.8, 4) is 0 Å². The molecule has 5 heteroatoms. The van der Waals surface area contributed by atoms with Gasteiger partial charge in [0.1, 0.15) is 5.58 Å². The van der Waals surface area contributed by atoms with Crippen LogP contribution in [0, 0.1) is 0 Å². The lowest BCUT2D eigenvalue weighted by Crippen LogP contribution is -2.43. The summed E-state index contributed by atoms with van der Waals surface area (Å²) < 4.78 is 17.7. The smallest absolute Gasteiger partial charge is 0.198 e. The molecular formula is C22H21ClO4. The van der Waals surface area contributed by atoms with Crippen molar-refractivity contribution in [3.05, 3.63) is 69.9 Å². The number of benzene rings is 2. The molecule has 1 fully saturated rings. The van der Waals surface area contributed by atoms with Gasteiger partial charge in [0.2, 0.25) is 0 Å². The second-order valence-corrected chi connectivity index (χ2v) is 8.04. The van der Waals surface area contributed by atoms with E-state index in [1.54, 1.807) is 6.26 Å². The second-order valence-electron chi connectivity index (χ2n) is 7.63. The number of aliphatic hydroxyl groups is 1. The van der Waals surface area contributed by atoms with Gasteiger partial charge in [-0.05, 0) is 66.8 Å². The largest absolute Gasteiger partial charge is 0.464 e. The Morgan fingerprint density at radius 3 is 2.96 bits per heavy atom. The number of rotatable bonds is 2. The van der Waals surface area contributed by atoms with E-state index < -0.39 is 11.9 Å². The molecule has 1 saturated heterocycles. The fraction of sp³-hybridized carbons (Fsp3) is 0.364. The van der Waals surface area contributed by atoms with Crippen molar-refractivity contribution >= 4 is 22.6 Å². The predicted molar refractivity (Wildman–Crippen MR) is 103 cm³/mol. The number of fused-ring (bicyclic) bond motifs is 3. The van der Waals surface area contributed by atoms with Gasteiger partial charge in [-0.1, -0.05) is 17.7 Å². The Hall–Kier alpha value is -1.85. The van der Waals surface area contributed by atoms with Crippen LogP contribution in [0.25, 0.3) is 11.0 Å². The summed E-state index contributed by atoms with van der Waals surface area (Å²) in [6.45, 7) is 2.43. The summed E-state index contributed by atoms with van der Waals surface area (Å²) in [5.41, 5.74) is 5.10. The molecule has 4 nitrogen and oxygen atoms in total. The lowest BCUT2D eigenvalue weighted by Gasteiger charge is -2.39. The van der Waals surface area contributed by atoms with Crippen LogP contribution >= 0.6 is 11.6 Å². The number of hydrogen-bond donors (Lipinski definition) is 1. The standard InChI is InChI=1S/C22H21ClO4/c1-13-6-18(24)11-22(27-13)19-9-16(20(23)10-17(19)12-26-22)8-14-2-3-21-15(7-14)4-5-25-21/h2-5,7,9-10,13,18,24H,6,8,11-12H2,1H3/t13?,18?,22-/m1/s1. The van der Waals surface area contributed by atoms with Crippen LogP contribution in [0.15, 0.2) is 47.1 Å². The van der Waals surface area contributed by atoms with Gasteiger partial charge in [-0.3, -0.25) is 0 Å². The summed E-state index contributed by atoms with van der Waals surface area (Å²) in [6, 6.07) is 12.2. The minimum atomic E-state index is -0.861. The average Bonchev–Trinajstić information content (AvgIpc) is 3.20. The van der Waals surface area contributed by atoms with Crippen molar-refractivity contribution in [2.45, 2.75) is 50.8 Å². The third kappa shape index (κ3) is 2.97. The molecule has 3 atom stereocenters. The van der Waals surface area contributed by atoms with Crippen molar-refractivity contribution in [1.82, 2.24) is 0 Å². The molecule has 3 heterocycles. The fourth-order valence-electron chi connectivity index (χ4n) is 4.35. The summed E-state index contributed by atoms with van der Waals surface area (Å²) in [6.07, 6.45) is 3.01. The van der Waals surface area contributed by atoms with E-state index in [0.717, 1.165) is 38.2 Å². The first-order valence-electron chi connectivity index (χ1n) is 9.30. The molecule has 0 radical (unpaired) electrons. The minimum absolute atomic E-state index is 0.0534. The monoisotopic (exact) mass is 384 g/mol. The molecule has 0 amide bonds. The highest BCUT2D eigenvalue weighted by Crippen LogP contribution is 2.46. The van der Waals surface area contributed by atoms with Crippen molar-refractivity contribution in [2.24, 2.45) is 0 Å². The molecule has 1 N–H and O–H groups in total. The molecule has 1 spiro atoms. The maximum atomic E-state index is 10.3. The first-order chi connectivity index (χ1) is 13.0. The molecule has 0 aliphatic carbocycles. The van der Waals surface area contributed by atoms with Gasteiger partial charge in [0.25, 0.3) is 0 Å². The van der Waals surface area contributed by atoms with Crippen LogP contribution in [0.1, 0.15) is 42.0 Å². The maximum absolute atomic E-state index is 10.3. The number of furan rings is 1. The summed E-state index contributed by atoms with van der Waals surface area (Å²) in [5.74, 6) is -0.861. The van der Waals surface area contributed by atoms with Crippen molar-refractivity contribution in [2.75, 3.05) is 0 Å². The highest BCUT2D eigenvalue weighted by Gasteiger charge is 2.47. The van der Waals surface area contributed by atoms with E-state index in [0.29, 0.717) is 25.9 Å². The molecule has 27 heavy (non-hydrogen) atoms. The molecule has 2 unspecified atom stereocenters. The van der Waals surface area contributed by atoms with E-state index in [1.165, 1.54) is 0 Å². The minimum Gasteiger partial charge on any atom is -0.464 e. The molecule has 140 valence electrons. The molecule has 1 aromatic heterocycles. The van der Waals surface area contributed by atoms with E-state index in [4.69, 9.17) is 25.5 Å². The second kappa shape index (κ2) is 6.35. The molecular weight excluding hydrogens is 364 g/mol. The summed E-state index contributed by atoms with van der Waals surface area (Å²) in [7, 11) is 0. The van der Waals surface area contributed by atoms with Crippen LogP contribution < -0.4 is 0 Å². The quantitative estimate of drug-likeness (QED) is 0.681. The Morgan fingerprint density at radius 2 is 2.11 bits per heavy atom. The summed E-state index contributed by atoms with van der Waals surface area (Å²) in [4.78, 5) is 0. The number of hydrogen-bond acceptors (Lipinski definition) is 4. The Balaban J connectivity index is 1.52. The van der Waals surface area contributed by atoms with E-state index in [-0.39, 0.29) is 6.10 Å². The first kappa shape index (κ1) is 17.3. The number of aliphatic hydroxyl groups excluding tert-OH is 1. The van der Waals surface area contributed by atoms with Crippen LogP contribution in [0.2, 0.25) is 5.02 Å². The Morgan fingerprint density at radius 1 is 1.22 bits per heavy atom.